The number of carbonyl (C=O) groups is 1. The molecule has 1 aromatic heterocycles. The Morgan fingerprint density at radius 3 is 2.47 bits per heavy atom. The first-order valence-electron chi connectivity index (χ1n) is 9.68. The van der Waals surface area contributed by atoms with Gasteiger partial charge in [0.2, 0.25) is 5.78 Å². The quantitative estimate of drug-likeness (QED) is 0.261. The molecule has 4 rings (SSSR count). The fraction of sp³-hybridized carbons (Fsp3) is 0.125. The van der Waals surface area contributed by atoms with Crippen LogP contribution in [-0.4, -0.2) is 23.1 Å². The molecule has 30 heavy (non-hydrogen) atoms. The first-order valence-corrected chi connectivity index (χ1v) is 9.68. The third-order valence-electron chi connectivity index (χ3n) is 4.49. The minimum atomic E-state index is -0.302. The largest absolute Gasteiger partial charge is 0.494 e. The molecule has 0 spiro atoms. The molecular formula is C24H21N3O3. The van der Waals surface area contributed by atoms with Crippen LogP contribution >= 0.6 is 0 Å². The van der Waals surface area contributed by atoms with Crippen LogP contribution in [0.3, 0.4) is 0 Å². The Hall–Kier alpha value is -3.93. The van der Waals surface area contributed by atoms with Crippen molar-refractivity contribution >= 4 is 28.3 Å². The number of hydrazone groups is 1. The van der Waals surface area contributed by atoms with Gasteiger partial charge in [0.05, 0.1) is 12.3 Å². The van der Waals surface area contributed by atoms with E-state index in [1.54, 1.807) is 30.3 Å². The Balaban J connectivity index is 1.71. The lowest BCUT2D eigenvalue weighted by Crippen LogP contribution is -2.18. The molecule has 0 fully saturated rings. The van der Waals surface area contributed by atoms with E-state index in [4.69, 9.17) is 9.15 Å². The average molecular weight is 399 g/mol. The van der Waals surface area contributed by atoms with Gasteiger partial charge in [-0.2, -0.15) is 5.10 Å². The maximum atomic E-state index is 13.3. The monoisotopic (exact) mass is 399 g/mol. The fourth-order valence-corrected chi connectivity index (χ4v) is 2.92. The van der Waals surface area contributed by atoms with E-state index in [0.29, 0.717) is 29.0 Å². The van der Waals surface area contributed by atoms with E-state index in [1.165, 1.54) is 0 Å². The van der Waals surface area contributed by atoms with Crippen LogP contribution in [0.25, 0.3) is 11.1 Å². The minimum absolute atomic E-state index is 0.0935. The third kappa shape index (κ3) is 4.22. The van der Waals surface area contributed by atoms with Gasteiger partial charge in [-0.05, 0) is 62.4 Å². The van der Waals surface area contributed by atoms with Crippen LogP contribution in [-0.2, 0) is 0 Å². The Kier molecular flexibility index (Phi) is 5.57. The molecule has 0 bridgehead atoms. The Labute approximate surface area is 174 Å². The molecule has 0 saturated heterocycles. The van der Waals surface area contributed by atoms with Crippen molar-refractivity contribution in [2.45, 2.75) is 13.8 Å². The van der Waals surface area contributed by atoms with E-state index in [-0.39, 0.29) is 17.4 Å². The van der Waals surface area contributed by atoms with Crippen molar-refractivity contribution in [2.75, 3.05) is 12.0 Å². The molecule has 1 heterocycles. The highest BCUT2D eigenvalue weighted by atomic mass is 16.5. The van der Waals surface area contributed by atoms with E-state index in [0.717, 1.165) is 11.3 Å². The summed E-state index contributed by atoms with van der Waals surface area (Å²) in [4.78, 5) is 17.7. The summed E-state index contributed by atoms with van der Waals surface area (Å²) < 4.78 is 11.3. The number of aromatic nitrogens is 1. The lowest BCUT2D eigenvalue weighted by molar-refractivity contribution is 0.106. The van der Waals surface area contributed by atoms with Crippen LogP contribution in [0.2, 0.25) is 0 Å². The molecule has 0 amide bonds. The summed E-state index contributed by atoms with van der Waals surface area (Å²) in [6, 6.07) is 22.0. The number of benzene rings is 3. The maximum absolute atomic E-state index is 13.3. The summed E-state index contributed by atoms with van der Waals surface area (Å²) in [6.07, 6.45) is 0. The van der Waals surface area contributed by atoms with E-state index in [1.807, 2.05) is 56.3 Å². The summed E-state index contributed by atoms with van der Waals surface area (Å²) in [5.74, 6) is 0.561. The lowest BCUT2D eigenvalue weighted by atomic mass is 10.1. The first-order chi connectivity index (χ1) is 14.6. The number of fused-ring (bicyclic) bond motifs is 1. The van der Waals surface area contributed by atoms with Crippen LogP contribution in [0, 0.1) is 6.92 Å². The molecule has 0 atom stereocenters. The third-order valence-corrected chi connectivity index (χ3v) is 4.49. The number of para-hydroxylation sites is 2. The number of hydrogen-bond donors (Lipinski definition) is 1. The number of hydrogen-bond acceptors (Lipinski definition) is 6. The van der Waals surface area contributed by atoms with Crippen molar-refractivity contribution in [3.05, 3.63) is 89.8 Å². The zero-order chi connectivity index (χ0) is 20.9. The molecule has 1 N–H and O–H groups in total. The van der Waals surface area contributed by atoms with Gasteiger partial charge in [0.1, 0.15) is 11.3 Å². The molecule has 0 radical (unpaired) electrons. The minimum Gasteiger partial charge on any atom is -0.494 e. The van der Waals surface area contributed by atoms with Gasteiger partial charge in [-0.3, -0.25) is 10.2 Å². The number of carbonyl (C=O) groups excluding carboxylic acids is 1. The fourth-order valence-electron chi connectivity index (χ4n) is 2.92. The van der Waals surface area contributed by atoms with Crippen LogP contribution in [0.4, 0.5) is 5.69 Å². The zero-order valence-corrected chi connectivity index (χ0v) is 16.8. The van der Waals surface area contributed by atoms with E-state index >= 15 is 0 Å². The number of nitrogens with zero attached hydrogens (tertiary/aromatic N) is 2. The lowest BCUT2D eigenvalue weighted by Gasteiger charge is -2.06. The van der Waals surface area contributed by atoms with Gasteiger partial charge < -0.3 is 9.15 Å². The number of aryl methyl sites for hydroxylation is 1. The van der Waals surface area contributed by atoms with Gasteiger partial charge in [-0.25, -0.2) is 4.98 Å². The van der Waals surface area contributed by atoms with Gasteiger partial charge in [-0.1, -0.05) is 29.8 Å². The zero-order valence-electron chi connectivity index (χ0n) is 16.8. The number of oxazole rings is 1. The maximum Gasteiger partial charge on any atom is 0.252 e. The summed E-state index contributed by atoms with van der Waals surface area (Å²) in [7, 11) is 0. The predicted octanol–water partition coefficient (Wildman–Crippen LogP) is 5.23. The topological polar surface area (TPSA) is 76.7 Å². The van der Waals surface area contributed by atoms with Crippen molar-refractivity contribution in [2.24, 2.45) is 5.10 Å². The SMILES string of the molecule is CCOc1ccc(C(=O)C(=NNc2ccc(C)cc2)c2nc3ccccc3o2)cc1. The Morgan fingerprint density at radius 2 is 1.77 bits per heavy atom. The molecule has 0 unspecified atom stereocenters. The van der Waals surface area contributed by atoms with Crippen LogP contribution < -0.4 is 10.2 Å². The highest BCUT2D eigenvalue weighted by Crippen LogP contribution is 2.19. The van der Waals surface area contributed by atoms with Crippen LogP contribution in [0.1, 0.15) is 28.7 Å². The first kappa shape index (κ1) is 19.4. The molecule has 6 nitrogen and oxygen atoms in total. The smallest absolute Gasteiger partial charge is 0.252 e. The second kappa shape index (κ2) is 8.61. The average Bonchev–Trinajstić information content (AvgIpc) is 3.19. The van der Waals surface area contributed by atoms with E-state index < -0.39 is 0 Å². The second-order valence-electron chi connectivity index (χ2n) is 6.71. The number of anilines is 1. The summed E-state index contributed by atoms with van der Waals surface area (Å²) >= 11 is 0. The van der Waals surface area contributed by atoms with Crippen molar-refractivity contribution < 1.29 is 13.9 Å². The molecule has 6 heteroatoms. The number of Topliss-reactive ketones (excluding diaryl/α,β-unsaturated/α-hetero) is 1. The van der Waals surface area contributed by atoms with Crippen LogP contribution in [0.5, 0.6) is 5.75 Å². The molecule has 0 aliphatic carbocycles. The van der Waals surface area contributed by atoms with Crippen molar-refractivity contribution in [1.29, 1.82) is 0 Å². The number of ether oxygens (including phenoxy) is 1. The highest BCUT2D eigenvalue weighted by molar-refractivity contribution is 6.50. The Morgan fingerprint density at radius 1 is 1.03 bits per heavy atom. The predicted molar refractivity (Wildman–Crippen MR) is 117 cm³/mol. The van der Waals surface area contributed by atoms with Gasteiger partial charge in [-0.15, -0.1) is 0 Å². The van der Waals surface area contributed by atoms with Gasteiger partial charge >= 0.3 is 0 Å². The summed E-state index contributed by atoms with van der Waals surface area (Å²) in [5, 5.41) is 4.35. The van der Waals surface area contributed by atoms with Gasteiger partial charge in [0, 0.05) is 5.56 Å². The Bertz CT molecular complexity index is 1160. The van der Waals surface area contributed by atoms with Crippen molar-refractivity contribution in [3.8, 4) is 5.75 Å². The van der Waals surface area contributed by atoms with E-state index in [2.05, 4.69) is 15.5 Å². The molecular weight excluding hydrogens is 378 g/mol. The molecule has 0 saturated carbocycles. The van der Waals surface area contributed by atoms with Gasteiger partial charge in [0.25, 0.3) is 5.89 Å². The van der Waals surface area contributed by atoms with Gasteiger partial charge in [0.15, 0.2) is 11.3 Å². The molecule has 0 aliphatic heterocycles. The van der Waals surface area contributed by atoms with Crippen molar-refractivity contribution in [3.63, 3.8) is 0 Å². The highest BCUT2D eigenvalue weighted by Gasteiger charge is 2.22. The summed E-state index contributed by atoms with van der Waals surface area (Å²) in [6.45, 7) is 4.48. The molecule has 0 aliphatic rings. The molecule has 150 valence electrons. The molecule has 3 aromatic carbocycles. The van der Waals surface area contributed by atoms with Crippen molar-refractivity contribution in [1.82, 2.24) is 4.98 Å². The number of rotatable bonds is 7. The standard InChI is InChI=1S/C24H21N3O3/c1-3-29-19-14-10-17(11-15-19)23(28)22(27-26-18-12-8-16(2)9-13-18)24-25-20-6-4-5-7-21(20)30-24/h4-15,26H,3H2,1-2H3. The second-order valence-corrected chi connectivity index (χ2v) is 6.71. The molecule has 4 aromatic rings. The van der Waals surface area contributed by atoms with E-state index in [9.17, 15) is 4.79 Å². The number of nitrogens with one attached hydrogen (secondary N) is 1. The van der Waals surface area contributed by atoms with Crippen LogP contribution in [0.15, 0.2) is 82.3 Å². The summed E-state index contributed by atoms with van der Waals surface area (Å²) in [5.41, 5.74) is 6.64. The number of ketones is 1. The normalized spacial score (nSPS) is 11.5.